The Balaban J connectivity index is 1.96. The number of anilines is 1. The van der Waals surface area contributed by atoms with E-state index in [9.17, 15) is 8.78 Å². The molecule has 7 heteroatoms. The number of aliphatic hydroxyl groups excluding tert-OH is 1. The van der Waals surface area contributed by atoms with Gasteiger partial charge in [-0.15, -0.1) is 0 Å². The van der Waals surface area contributed by atoms with Crippen LogP contribution in [0.5, 0.6) is 0 Å². The first-order chi connectivity index (χ1) is 12.3. The first-order valence-corrected chi connectivity index (χ1v) is 8.89. The lowest BCUT2D eigenvalue weighted by molar-refractivity contribution is -0.0556. The summed E-state index contributed by atoms with van der Waals surface area (Å²) in [6, 6.07) is 11.5. The highest BCUT2D eigenvalue weighted by Gasteiger charge is 2.30. The van der Waals surface area contributed by atoms with Crippen molar-refractivity contribution in [3.8, 4) is 0 Å². The van der Waals surface area contributed by atoms with E-state index in [2.05, 4.69) is 31.2 Å². The van der Waals surface area contributed by atoms with Gasteiger partial charge in [0.25, 0.3) is 5.92 Å². The van der Waals surface area contributed by atoms with Crippen molar-refractivity contribution < 1.29 is 13.9 Å². The number of hydrogen-bond donors (Lipinski definition) is 2. The highest BCUT2D eigenvalue weighted by molar-refractivity contribution is 9.10. The Morgan fingerprint density at radius 1 is 1.19 bits per heavy atom. The maximum absolute atomic E-state index is 13.8. The Morgan fingerprint density at radius 3 is 2.69 bits per heavy atom. The van der Waals surface area contributed by atoms with Gasteiger partial charge in [0.2, 0.25) is 0 Å². The Kier molecular flexibility index (Phi) is 5.20. The average Bonchev–Trinajstić information content (AvgIpc) is 2.62. The van der Waals surface area contributed by atoms with Crippen molar-refractivity contribution in [2.24, 2.45) is 0 Å². The van der Waals surface area contributed by atoms with Crippen LogP contribution in [0, 0.1) is 6.92 Å². The molecule has 26 heavy (non-hydrogen) atoms. The van der Waals surface area contributed by atoms with Gasteiger partial charge in [-0.1, -0.05) is 34.1 Å². The van der Waals surface area contributed by atoms with E-state index in [1.807, 2.05) is 25.1 Å². The van der Waals surface area contributed by atoms with Crippen LogP contribution in [0.1, 0.15) is 29.9 Å². The molecule has 0 spiro atoms. The number of nitrogens with zero attached hydrogens (tertiary/aromatic N) is 2. The molecule has 136 valence electrons. The van der Waals surface area contributed by atoms with Gasteiger partial charge in [-0.3, -0.25) is 0 Å². The van der Waals surface area contributed by atoms with Gasteiger partial charge in [0.05, 0.1) is 5.52 Å². The fourth-order valence-corrected chi connectivity index (χ4v) is 3.10. The molecule has 4 nitrogen and oxygen atoms in total. The smallest absolute Gasteiger partial charge is 0.295 e. The van der Waals surface area contributed by atoms with Crippen LogP contribution in [0.25, 0.3) is 10.9 Å². The zero-order chi connectivity index (χ0) is 18.9. The molecule has 0 saturated carbocycles. The monoisotopic (exact) mass is 421 g/mol. The molecule has 0 saturated heterocycles. The van der Waals surface area contributed by atoms with Crippen LogP contribution in [-0.2, 0) is 5.92 Å². The molecular weight excluding hydrogens is 404 g/mol. The molecule has 0 radical (unpaired) electrons. The third kappa shape index (κ3) is 3.83. The first kappa shape index (κ1) is 18.7. The molecular formula is C19H18BrF2N3O. The molecule has 0 aliphatic rings. The van der Waals surface area contributed by atoms with Crippen LogP contribution < -0.4 is 5.32 Å². The molecule has 1 unspecified atom stereocenters. The second-order valence-corrected chi connectivity index (χ2v) is 7.05. The van der Waals surface area contributed by atoms with Crippen LogP contribution in [0.15, 0.2) is 46.9 Å². The number of hydrogen-bond acceptors (Lipinski definition) is 4. The van der Waals surface area contributed by atoms with E-state index in [0.717, 1.165) is 15.4 Å². The number of aryl methyl sites for hydroxylation is 1. The second-order valence-electron chi connectivity index (χ2n) is 6.13. The number of nitrogens with one attached hydrogen (secondary N) is 1. The fraction of sp³-hybridized carbons (Fsp3) is 0.263. The quantitative estimate of drug-likeness (QED) is 0.611. The molecule has 0 amide bonds. The van der Waals surface area contributed by atoms with Crippen LogP contribution in [0.3, 0.4) is 0 Å². The predicted molar refractivity (Wildman–Crippen MR) is 101 cm³/mol. The van der Waals surface area contributed by atoms with Crippen molar-refractivity contribution in [3.05, 3.63) is 63.9 Å². The van der Waals surface area contributed by atoms with E-state index in [4.69, 9.17) is 5.11 Å². The number of aromatic nitrogens is 2. The van der Waals surface area contributed by atoms with E-state index in [0.29, 0.717) is 17.2 Å². The molecule has 2 aromatic carbocycles. The summed E-state index contributed by atoms with van der Waals surface area (Å²) in [6.45, 7) is 2.46. The Bertz CT molecular complexity index is 949. The topological polar surface area (TPSA) is 58.0 Å². The van der Waals surface area contributed by atoms with Gasteiger partial charge in [-0.25, -0.2) is 9.97 Å². The largest absolute Gasteiger partial charge is 0.390 e. The maximum atomic E-state index is 13.8. The summed E-state index contributed by atoms with van der Waals surface area (Å²) < 4.78 is 28.4. The number of rotatable bonds is 5. The summed E-state index contributed by atoms with van der Waals surface area (Å²) in [5, 5.41) is 13.0. The lowest BCUT2D eigenvalue weighted by atomic mass is 10.0. The number of fused-ring (bicyclic) bond motifs is 1. The SMILES string of the molecule is Cc1nc(NC(C)c2cccc(C(F)(F)CO)c2)c2cc(Br)ccc2n1. The summed E-state index contributed by atoms with van der Waals surface area (Å²) in [4.78, 5) is 8.88. The first-order valence-electron chi connectivity index (χ1n) is 8.10. The van der Waals surface area contributed by atoms with Crippen molar-refractivity contribution in [2.75, 3.05) is 11.9 Å². The molecule has 0 aliphatic carbocycles. The summed E-state index contributed by atoms with van der Waals surface area (Å²) in [5.74, 6) is -2.01. The molecule has 2 N–H and O–H groups in total. The summed E-state index contributed by atoms with van der Waals surface area (Å²) in [5.41, 5.74) is 1.27. The predicted octanol–water partition coefficient (Wildman–Crippen LogP) is 4.96. The fourth-order valence-electron chi connectivity index (χ4n) is 2.74. The third-order valence-electron chi connectivity index (χ3n) is 4.13. The lowest BCUT2D eigenvalue weighted by Gasteiger charge is -2.19. The van der Waals surface area contributed by atoms with Gasteiger partial charge < -0.3 is 10.4 Å². The highest BCUT2D eigenvalue weighted by atomic mass is 79.9. The van der Waals surface area contributed by atoms with E-state index >= 15 is 0 Å². The van der Waals surface area contributed by atoms with Crippen LogP contribution in [0.4, 0.5) is 14.6 Å². The summed E-state index contributed by atoms with van der Waals surface area (Å²) >= 11 is 3.45. The van der Waals surface area contributed by atoms with Gasteiger partial charge in [0.15, 0.2) is 0 Å². The van der Waals surface area contributed by atoms with Crippen LogP contribution >= 0.6 is 15.9 Å². The van der Waals surface area contributed by atoms with Crippen molar-refractivity contribution >= 4 is 32.7 Å². The zero-order valence-electron chi connectivity index (χ0n) is 14.3. The highest BCUT2D eigenvalue weighted by Crippen LogP contribution is 2.31. The minimum absolute atomic E-state index is 0.211. The van der Waals surface area contributed by atoms with Crippen molar-refractivity contribution in [1.82, 2.24) is 9.97 Å². The minimum atomic E-state index is -3.27. The van der Waals surface area contributed by atoms with E-state index < -0.39 is 12.5 Å². The minimum Gasteiger partial charge on any atom is -0.390 e. The second kappa shape index (κ2) is 7.25. The van der Waals surface area contributed by atoms with Gasteiger partial charge >= 0.3 is 0 Å². The Morgan fingerprint density at radius 2 is 1.96 bits per heavy atom. The van der Waals surface area contributed by atoms with Gasteiger partial charge in [0, 0.05) is 21.5 Å². The van der Waals surface area contributed by atoms with Crippen molar-refractivity contribution in [3.63, 3.8) is 0 Å². The summed E-state index contributed by atoms with van der Waals surface area (Å²) in [6.07, 6.45) is 0. The molecule has 3 aromatic rings. The molecule has 1 heterocycles. The van der Waals surface area contributed by atoms with Gasteiger partial charge in [-0.05, 0) is 43.7 Å². The molecule has 0 aliphatic heterocycles. The van der Waals surface area contributed by atoms with Crippen molar-refractivity contribution in [2.45, 2.75) is 25.8 Å². The number of halogens is 3. The van der Waals surface area contributed by atoms with Crippen LogP contribution in [-0.4, -0.2) is 21.7 Å². The Labute approximate surface area is 158 Å². The standard InChI is InChI=1S/C19H18BrF2N3O/c1-11(13-4-3-5-14(8-13)19(21,22)10-26)23-18-16-9-15(20)6-7-17(16)24-12(2)25-18/h3-9,11,26H,10H2,1-2H3,(H,23,24,25). The molecule has 1 atom stereocenters. The summed E-state index contributed by atoms with van der Waals surface area (Å²) in [7, 11) is 0. The normalized spacial score (nSPS) is 13.0. The lowest BCUT2D eigenvalue weighted by Crippen LogP contribution is -2.19. The number of alkyl halides is 2. The zero-order valence-corrected chi connectivity index (χ0v) is 15.9. The maximum Gasteiger partial charge on any atom is 0.295 e. The third-order valence-corrected chi connectivity index (χ3v) is 4.62. The van der Waals surface area contributed by atoms with E-state index in [1.54, 1.807) is 19.1 Å². The average molecular weight is 422 g/mol. The molecule has 1 aromatic heterocycles. The molecule has 0 fully saturated rings. The van der Waals surface area contributed by atoms with Gasteiger partial charge in [-0.2, -0.15) is 8.78 Å². The van der Waals surface area contributed by atoms with E-state index in [-0.39, 0.29) is 11.6 Å². The van der Waals surface area contributed by atoms with Crippen LogP contribution in [0.2, 0.25) is 0 Å². The Hall–Kier alpha value is -2.12. The molecule has 3 rings (SSSR count). The van der Waals surface area contributed by atoms with Crippen molar-refractivity contribution in [1.29, 1.82) is 0 Å². The number of aliphatic hydroxyl groups is 1. The van der Waals surface area contributed by atoms with Gasteiger partial charge in [0.1, 0.15) is 18.2 Å². The van der Waals surface area contributed by atoms with E-state index in [1.165, 1.54) is 12.1 Å². The molecule has 0 bridgehead atoms. The number of benzene rings is 2.